The van der Waals surface area contributed by atoms with Crippen molar-refractivity contribution < 1.29 is 9.18 Å². The molecule has 1 amide bonds. The number of hydrogen-bond acceptors (Lipinski definition) is 5. The molecule has 0 radical (unpaired) electrons. The Morgan fingerprint density at radius 1 is 1.29 bits per heavy atom. The number of nitrogens with one attached hydrogen (secondary N) is 3. The Labute approximate surface area is 207 Å². The van der Waals surface area contributed by atoms with Gasteiger partial charge < -0.3 is 20.5 Å². The summed E-state index contributed by atoms with van der Waals surface area (Å²) in [6.45, 7) is 4.73. The molecule has 3 N–H and O–H groups in total. The first-order chi connectivity index (χ1) is 17.0. The number of fused-ring (bicyclic) bond motifs is 1. The van der Waals surface area contributed by atoms with Crippen LogP contribution >= 0.6 is 11.6 Å². The van der Waals surface area contributed by atoms with Crippen molar-refractivity contribution in [2.24, 2.45) is 0 Å². The van der Waals surface area contributed by atoms with Crippen LogP contribution in [0.15, 0.2) is 67.5 Å². The van der Waals surface area contributed by atoms with Crippen LogP contribution in [0.4, 0.5) is 21.7 Å². The van der Waals surface area contributed by atoms with Crippen molar-refractivity contribution in [1.82, 2.24) is 15.0 Å². The molecule has 2 aromatic carbocycles. The second kappa shape index (κ2) is 9.76. The van der Waals surface area contributed by atoms with E-state index in [1.807, 2.05) is 35.4 Å². The molecular formula is C26H24ClFN6O. The minimum atomic E-state index is -0.392. The van der Waals surface area contributed by atoms with Crippen LogP contribution in [0.3, 0.4) is 0 Å². The second-order valence-electron chi connectivity index (χ2n) is 8.43. The van der Waals surface area contributed by atoms with Crippen LogP contribution in [-0.2, 0) is 4.79 Å². The molecule has 35 heavy (non-hydrogen) atoms. The standard InChI is InChI=1S/C26H24ClFN6O/c1-2-24(35)31-16-9-10-23(21(28)12-16)34-11-5-6-17(15-34)32-26-30-14-20(27)25(33-26)19-13-29-22-8-4-3-7-18(19)22/h2-4,7-10,12-14,17,29H,1,5-6,11,15H2,(H,31,35)(H,30,32,33)/t17-/m1/s1. The number of rotatable bonds is 6. The van der Waals surface area contributed by atoms with Crippen LogP contribution in [0, 0.1) is 5.82 Å². The van der Waals surface area contributed by atoms with E-state index in [1.165, 1.54) is 6.07 Å². The van der Waals surface area contributed by atoms with Crippen molar-refractivity contribution >= 4 is 45.7 Å². The van der Waals surface area contributed by atoms with E-state index in [0.717, 1.165) is 41.9 Å². The fourth-order valence-corrected chi connectivity index (χ4v) is 4.62. The normalized spacial score (nSPS) is 15.7. The Morgan fingerprint density at radius 2 is 2.14 bits per heavy atom. The largest absolute Gasteiger partial charge is 0.367 e. The summed E-state index contributed by atoms with van der Waals surface area (Å²) in [5.41, 5.74) is 3.45. The molecule has 0 bridgehead atoms. The fraction of sp³-hybridized carbons (Fsp3) is 0.192. The Balaban J connectivity index is 1.33. The Hall–Kier alpha value is -3.91. The summed E-state index contributed by atoms with van der Waals surface area (Å²) < 4.78 is 14.8. The number of halogens is 2. The summed E-state index contributed by atoms with van der Waals surface area (Å²) in [5, 5.41) is 7.48. The van der Waals surface area contributed by atoms with Gasteiger partial charge in [0.2, 0.25) is 11.9 Å². The minimum absolute atomic E-state index is 0.0280. The maximum Gasteiger partial charge on any atom is 0.247 e. The number of amides is 1. The van der Waals surface area contributed by atoms with Crippen molar-refractivity contribution in [1.29, 1.82) is 0 Å². The van der Waals surface area contributed by atoms with E-state index in [-0.39, 0.29) is 11.9 Å². The van der Waals surface area contributed by atoms with Crippen LogP contribution in [0.5, 0.6) is 0 Å². The quantitative estimate of drug-likeness (QED) is 0.305. The van der Waals surface area contributed by atoms with Crippen molar-refractivity contribution in [3.63, 3.8) is 0 Å². The van der Waals surface area contributed by atoms with Crippen LogP contribution < -0.4 is 15.5 Å². The highest BCUT2D eigenvalue weighted by Gasteiger charge is 2.23. The molecule has 9 heteroatoms. The summed E-state index contributed by atoms with van der Waals surface area (Å²) in [5.74, 6) is -0.296. The SMILES string of the molecule is C=CC(=O)Nc1ccc(N2CCC[C@@H](Nc3ncc(Cl)c(-c4c[nH]c5ccccc45)n3)C2)c(F)c1. The monoisotopic (exact) mass is 490 g/mol. The third kappa shape index (κ3) is 4.83. The molecule has 4 aromatic rings. The lowest BCUT2D eigenvalue weighted by molar-refractivity contribution is -0.111. The molecule has 0 unspecified atom stereocenters. The number of para-hydroxylation sites is 1. The van der Waals surface area contributed by atoms with Gasteiger partial charge in [0.1, 0.15) is 5.82 Å². The van der Waals surface area contributed by atoms with Gasteiger partial charge in [0.15, 0.2) is 0 Å². The maximum absolute atomic E-state index is 14.8. The topological polar surface area (TPSA) is 85.9 Å². The molecule has 2 aromatic heterocycles. The average molecular weight is 491 g/mol. The average Bonchev–Trinajstić information content (AvgIpc) is 3.29. The first kappa shape index (κ1) is 22.9. The fourth-order valence-electron chi connectivity index (χ4n) is 4.42. The van der Waals surface area contributed by atoms with Gasteiger partial charge in [0.05, 0.1) is 22.6 Å². The van der Waals surface area contributed by atoms with Gasteiger partial charge in [-0.2, -0.15) is 0 Å². The van der Waals surface area contributed by atoms with E-state index in [9.17, 15) is 9.18 Å². The zero-order valence-corrected chi connectivity index (χ0v) is 19.6. The van der Waals surface area contributed by atoms with Crippen LogP contribution in [0.2, 0.25) is 5.02 Å². The van der Waals surface area contributed by atoms with Gasteiger partial charge in [0.25, 0.3) is 0 Å². The number of hydrogen-bond donors (Lipinski definition) is 3. The third-order valence-electron chi connectivity index (χ3n) is 6.08. The molecule has 178 valence electrons. The number of nitrogens with zero attached hydrogens (tertiary/aromatic N) is 3. The summed E-state index contributed by atoms with van der Waals surface area (Å²) >= 11 is 6.46. The first-order valence-corrected chi connectivity index (χ1v) is 11.7. The van der Waals surface area contributed by atoms with Gasteiger partial charge in [-0.15, -0.1) is 0 Å². The maximum atomic E-state index is 14.8. The summed E-state index contributed by atoms with van der Waals surface area (Å²) in [7, 11) is 0. The minimum Gasteiger partial charge on any atom is -0.367 e. The number of anilines is 3. The predicted molar refractivity (Wildman–Crippen MR) is 138 cm³/mol. The smallest absolute Gasteiger partial charge is 0.247 e. The number of aromatic amines is 1. The summed E-state index contributed by atoms with van der Waals surface area (Å²) in [6, 6.07) is 12.7. The van der Waals surface area contributed by atoms with Crippen molar-refractivity contribution in [2.75, 3.05) is 28.6 Å². The molecule has 3 heterocycles. The molecule has 0 aliphatic carbocycles. The predicted octanol–water partition coefficient (Wildman–Crippen LogP) is 5.62. The van der Waals surface area contributed by atoms with E-state index in [2.05, 4.69) is 27.2 Å². The molecule has 0 spiro atoms. The van der Waals surface area contributed by atoms with Crippen LogP contribution in [0.1, 0.15) is 12.8 Å². The lowest BCUT2D eigenvalue weighted by Crippen LogP contribution is -2.42. The number of benzene rings is 2. The lowest BCUT2D eigenvalue weighted by Gasteiger charge is -2.35. The molecule has 1 aliphatic heterocycles. The van der Waals surface area contributed by atoms with Gasteiger partial charge in [-0.3, -0.25) is 4.79 Å². The zero-order valence-electron chi connectivity index (χ0n) is 18.9. The van der Waals surface area contributed by atoms with Crippen LogP contribution in [0.25, 0.3) is 22.2 Å². The van der Waals surface area contributed by atoms with Gasteiger partial charge in [-0.25, -0.2) is 14.4 Å². The highest BCUT2D eigenvalue weighted by Crippen LogP contribution is 2.33. The highest BCUT2D eigenvalue weighted by atomic mass is 35.5. The molecule has 1 aliphatic rings. The first-order valence-electron chi connectivity index (χ1n) is 11.4. The summed E-state index contributed by atoms with van der Waals surface area (Å²) in [6.07, 6.45) is 6.43. The molecule has 1 atom stereocenters. The van der Waals surface area contributed by atoms with Crippen molar-refractivity contribution in [2.45, 2.75) is 18.9 Å². The van der Waals surface area contributed by atoms with E-state index in [0.29, 0.717) is 34.6 Å². The molecular weight excluding hydrogens is 467 g/mol. The number of piperidine rings is 1. The summed E-state index contributed by atoms with van der Waals surface area (Å²) in [4.78, 5) is 25.8. The van der Waals surface area contributed by atoms with E-state index >= 15 is 0 Å². The number of aromatic nitrogens is 3. The molecule has 5 rings (SSSR count). The third-order valence-corrected chi connectivity index (χ3v) is 6.36. The van der Waals surface area contributed by atoms with E-state index in [4.69, 9.17) is 16.6 Å². The van der Waals surface area contributed by atoms with Crippen LogP contribution in [-0.4, -0.2) is 40.0 Å². The van der Waals surface area contributed by atoms with Crippen molar-refractivity contribution in [3.8, 4) is 11.3 Å². The molecule has 7 nitrogen and oxygen atoms in total. The molecule has 0 saturated carbocycles. The van der Waals surface area contributed by atoms with E-state index < -0.39 is 5.82 Å². The second-order valence-corrected chi connectivity index (χ2v) is 8.83. The molecule has 1 fully saturated rings. The Bertz CT molecular complexity index is 1400. The van der Waals surface area contributed by atoms with Gasteiger partial charge in [0, 0.05) is 47.5 Å². The van der Waals surface area contributed by atoms with Gasteiger partial charge in [-0.1, -0.05) is 36.4 Å². The zero-order chi connectivity index (χ0) is 24.4. The van der Waals surface area contributed by atoms with Gasteiger partial charge >= 0.3 is 0 Å². The van der Waals surface area contributed by atoms with Gasteiger partial charge in [-0.05, 0) is 43.2 Å². The van der Waals surface area contributed by atoms with Crippen molar-refractivity contribution in [3.05, 3.63) is 78.4 Å². The number of carbonyl (C=O) groups excluding carboxylic acids is 1. The number of carbonyl (C=O) groups is 1. The highest BCUT2D eigenvalue weighted by molar-refractivity contribution is 6.33. The lowest BCUT2D eigenvalue weighted by atomic mass is 10.0. The molecule has 1 saturated heterocycles. The Morgan fingerprint density at radius 3 is 2.97 bits per heavy atom. The Kier molecular flexibility index (Phi) is 6.37. The number of H-pyrrole nitrogens is 1. The van der Waals surface area contributed by atoms with E-state index in [1.54, 1.807) is 18.3 Å².